The SMILES string of the molecule is CCCC(c1nc2c(C(N)=O)cccc2[nH]1)C1CCSS1. The molecule has 1 aromatic heterocycles. The van der Waals surface area contributed by atoms with Crippen LogP contribution in [0.25, 0.3) is 11.0 Å². The molecule has 1 aliphatic heterocycles. The zero-order valence-electron chi connectivity index (χ0n) is 12.0. The van der Waals surface area contributed by atoms with Gasteiger partial charge >= 0.3 is 0 Å². The van der Waals surface area contributed by atoms with Crippen LogP contribution in [0.4, 0.5) is 0 Å². The van der Waals surface area contributed by atoms with Gasteiger partial charge in [-0.05, 0) is 25.0 Å². The molecule has 112 valence electrons. The van der Waals surface area contributed by atoms with E-state index in [-0.39, 0.29) is 0 Å². The highest BCUT2D eigenvalue weighted by molar-refractivity contribution is 8.77. The molecule has 2 aromatic rings. The lowest BCUT2D eigenvalue weighted by molar-refractivity contribution is 0.100. The number of aromatic nitrogens is 2. The van der Waals surface area contributed by atoms with Gasteiger partial charge in [-0.3, -0.25) is 4.79 Å². The van der Waals surface area contributed by atoms with Crippen molar-refractivity contribution in [1.29, 1.82) is 0 Å². The predicted octanol–water partition coefficient (Wildman–Crippen LogP) is 3.70. The largest absolute Gasteiger partial charge is 0.366 e. The Kier molecular flexibility index (Phi) is 4.45. The highest BCUT2D eigenvalue weighted by atomic mass is 33.1. The van der Waals surface area contributed by atoms with E-state index in [9.17, 15) is 4.79 Å². The van der Waals surface area contributed by atoms with Crippen LogP contribution in [0, 0.1) is 0 Å². The van der Waals surface area contributed by atoms with E-state index in [1.807, 2.05) is 33.7 Å². The lowest BCUT2D eigenvalue weighted by Crippen LogP contribution is -2.14. The number of para-hydroxylation sites is 1. The quantitative estimate of drug-likeness (QED) is 0.824. The first kappa shape index (κ1) is 14.8. The number of carbonyl (C=O) groups excluding carboxylic acids is 1. The van der Waals surface area contributed by atoms with Crippen LogP contribution < -0.4 is 5.73 Å². The predicted molar refractivity (Wildman–Crippen MR) is 90.7 cm³/mol. The molecule has 3 rings (SSSR count). The Labute approximate surface area is 132 Å². The second-order valence-electron chi connectivity index (χ2n) is 5.33. The van der Waals surface area contributed by atoms with Crippen molar-refractivity contribution in [2.24, 2.45) is 5.73 Å². The third kappa shape index (κ3) is 2.92. The number of carbonyl (C=O) groups is 1. The molecular formula is C15H19N3OS2. The lowest BCUT2D eigenvalue weighted by atomic mass is 9.97. The third-order valence-electron chi connectivity index (χ3n) is 3.87. The first-order valence-corrected chi connectivity index (χ1v) is 9.65. The summed E-state index contributed by atoms with van der Waals surface area (Å²) in [5.41, 5.74) is 7.55. The third-order valence-corrected chi connectivity index (χ3v) is 6.87. The molecule has 0 saturated carbocycles. The van der Waals surface area contributed by atoms with Crippen molar-refractivity contribution in [3.63, 3.8) is 0 Å². The maximum absolute atomic E-state index is 11.5. The summed E-state index contributed by atoms with van der Waals surface area (Å²) in [4.78, 5) is 19.7. The minimum absolute atomic E-state index is 0.420. The maximum atomic E-state index is 11.5. The molecule has 0 radical (unpaired) electrons. The molecule has 1 aromatic carbocycles. The van der Waals surface area contributed by atoms with Crippen LogP contribution in [0.15, 0.2) is 18.2 Å². The molecular weight excluding hydrogens is 302 g/mol. The fourth-order valence-corrected chi connectivity index (χ4v) is 6.03. The van der Waals surface area contributed by atoms with Crippen molar-refractivity contribution in [3.05, 3.63) is 29.6 Å². The van der Waals surface area contributed by atoms with E-state index in [4.69, 9.17) is 10.7 Å². The zero-order chi connectivity index (χ0) is 14.8. The number of primary amides is 1. The van der Waals surface area contributed by atoms with Gasteiger partial charge in [-0.1, -0.05) is 41.0 Å². The van der Waals surface area contributed by atoms with Crippen LogP contribution in [0.3, 0.4) is 0 Å². The molecule has 21 heavy (non-hydrogen) atoms. The van der Waals surface area contributed by atoms with E-state index in [0.717, 1.165) is 24.2 Å². The fraction of sp³-hybridized carbons (Fsp3) is 0.467. The summed E-state index contributed by atoms with van der Waals surface area (Å²) in [6.45, 7) is 2.21. The van der Waals surface area contributed by atoms with Gasteiger partial charge in [-0.25, -0.2) is 4.98 Å². The molecule has 4 nitrogen and oxygen atoms in total. The number of H-pyrrole nitrogens is 1. The van der Waals surface area contributed by atoms with Crippen molar-refractivity contribution < 1.29 is 4.79 Å². The summed E-state index contributed by atoms with van der Waals surface area (Å²) in [5.74, 6) is 2.21. The second-order valence-corrected chi connectivity index (χ2v) is 8.05. The highest BCUT2D eigenvalue weighted by Gasteiger charge is 2.29. The molecule has 2 heterocycles. The van der Waals surface area contributed by atoms with Gasteiger partial charge in [0.15, 0.2) is 0 Å². The van der Waals surface area contributed by atoms with E-state index in [1.165, 1.54) is 12.2 Å². The van der Waals surface area contributed by atoms with Crippen molar-refractivity contribution in [1.82, 2.24) is 9.97 Å². The normalized spacial score (nSPS) is 20.0. The van der Waals surface area contributed by atoms with Crippen LogP contribution in [0.5, 0.6) is 0 Å². The summed E-state index contributed by atoms with van der Waals surface area (Å²) >= 11 is 0. The van der Waals surface area contributed by atoms with Crippen LogP contribution in [-0.4, -0.2) is 26.9 Å². The van der Waals surface area contributed by atoms with Crippen molar-refractivity contribution in [2.45, 2.75) is 37.4 Å². The molecule has 6 heteroatoms. The van der Waals surface area contributed by atoms with E-state index in [1.54, 1.807) is 6.07 Å². The number of nitrogens with zero attached hydrogens (tertiary/aromatic N) is 1. The average Bonchev–Trinajstić information content (AvgIpc) is 3.12. The van der Waals surface area contributed by atoms with Crippen molar-refractivity contribution in [2.75, 3.05) is 5.75 Å². The van der Waals surface area contributed by atoms with Gasteiger partial charge in [0.05, 0.1) is 11.1 Å². The number of imidazole rings is 1. The van der Waals surface area contributed by atoms with E-state index in [2.05, 4.69) is 11.9 Å². The van der Waals surface area contributed by atoms with Gasteiger partial charge in [-0.2, -0.15) is 0 Å². The Morgan fingerprint density at radius 2 is 2.43 bits per heavy atom. The molecule has 0 aliphatic carbocycles. The van der Waals surface area contributed by atoms with Crippen molar-refractivity contribution in [3.8, 4) is 0 Å². The van der Waals surface area contributed by atoms with Gasteiger partial charge in [0.1, 0.15) is 11.3 Å². The van der Waals surface area contributed by atoms with E-state index < -0.39 is 5.91 Å². The number of nitrogens with two attached hydrogens (primary N) is 1. The molecule has 0 bridgehead atoms. The van der Waals surface area contributed by atoms with Gasteiger partial charge in [0.2, 0.25) is 0 Å². The molecule has 2 atom stereocenters. The number of nitrogens with one attached hydrogen (secondary N) is 1. The average molecular weight is 321 g/mol. The van der Waals surface area contributed by atoms with Gasteiger partial charge < -0.3 is 10.7 Å². The van der Waals surface area contributed by atoms with E-state index >= 15 is 0 Å². The molecule has 2 unspecified atom stereocenters. The zero-order valence-corrected chi connectivity index (χ0v) is 13.6. The molecule has 1 amide bonds. The van der Waals surface area contributed by atoms with Gasteiger partial charge in [0.25, 0.3) is 5.91 Å². The smallest absolute Gasteiger partial charge is 0.250 e. The Morgan fingerprint density at radius 1 is 1.57 bits per heavy atom. The molecule has 1 aliphatic rings. The van der Waals surface area contributed by atoms with Crippen LogP contribution in [0.1, 0.15) is 48.3 Å². The van der Waals surface area contributed by atoms with Crippen molar-refractivity contribution >= 4 is 38.5 Å². The molecule has 1 fully saturated rings. The topological polar surface area (TPSA) is 71.8 Å². The minimum Gasteiger partial charge on any atom is -0.366 e. The number of hydrogen-bond acceptors (Lipinski definition) is 4. The maximum Gasteiger partial charge on any atom is 0.250 e. The minimum atomic E-state index is -0.420. The molecule has 1 saturated heterocycles. The summed E-state index contributed by atoms with van der Waals surface area (Å²) < 4.78 is 0. The number of rotatable bonds is 5. The highest BCUT2D eigenvalue weighted by Crippen LogP contribution is 2.46. The number of hydrogen-bond donors (Lipinski definition) is 2. The first-order chi connectivity index (χ1) is 10.2. The summed E-state index contributed by atoms with van der Waals surface area (Å²) in [6, 6.07) is 5.54. The van der Waals surface area contributed by atoms with Crippen LogP contribution >= 0.6 is 21.6 Å². The standard InChI is InChI=1S/C15H19N3OS2/c1-2-4-9(12-7-8-20-21-12)15-17-11-6-3-5-10(14(16)19)13(11)18-15/h3,5-6,9,12H,2,4,7-8H2,1H3,(H2,16,19)(H,17,18). The lowest BCUT2D eigenvalue weighted by Gasteiger charge is -2.19. The molecule has 3 N–H and O–H groups in total. The number of amides is 1. The number of fused-ring (bicyclic) bond motifs is 1. The summed E-state index contributed by atoms with van der Waals surface area (Å²) in [7, 11) is 3.92. The molecule has 0 spiro atoms. The van der Waals surface area contributed by atoms with Gasteiger partial charge in [0, 0.05) is 16.9 Å². The van der Waals surface area contributed by atoms with Crippen LogP contribution in [-0.2, 0) is 0 Å². The van der Waals surface area contributed by atoms with Crippen LogP contribution in [0.2, 0.25) is 0 Å². The fourth-order valence-electron chi connectivity index (χ4n) is 2.85. The Hall–Kier alpha value is -1.14. The summed E-state index contributed by atoms with van der Waals surface area (Å²) in [6.07, 6.45) is 3.47. The first-order valence-electron chi connectivity index (χ1n) is 7.27. The second kappa shape index (κ2) is 6.32. The Morgan fingerprint density at radius 3 is 3.10 bits per heavy atom. The number of aromatic amines is 1. The summed E-state index contributed by atoms with van der Waals surface area (Å²) in [5, 5.41) is 0.604. The Bertz CT molecular complexity index is 649. The monoisotopic (exact) mass is 321 g/mol. The number of benzene rings is 1. The van der Waals surface area contributed by atoms with E-state index in [0.29, 0.717) is 22.2 Å². The van der Waals surface area contributed by atoms with Gasteiger partial charge in [-0.15, -0.1) is 0 Å². The Balaban J connectivity index is 2.01.